The van der Waals surface area contributed by atoms with E-state index in [1.54, 1.807) is 0 Å². The second kappa shape index (κ2) is 5.63. The lowest BCUT2D eigenvalue weighted by molar-refractivity contribution is -0.129. The molecule has 2 atom stereocenters. The van der Waals surface area contributed by atoms with E-state index in [9.17, 15) is 4.79 Å². The van der Waals surface area contributed by atoms with Crippen LogP contribution in [0.4, 0.5) is 0 Å². The summed E-state index contributed by atoms with van der Waals surface area (Å²) < 4.78 is 1.09. The zero-order valence-electron chi connectivity index (χ0n) is 11.7. The lowest BCUT2D eigenvalue weighted by Crippen LogP contribution is -2.35. The van der Waals surface area contributed by atoms with Crippen molar-refractivity contribution >= 4 is 21.8 Å². The Labute approximate surface area is 123 Å². The smallest absolute Gasteiger partial charge is 0.224 e. The number of rotatable bonds is 3. The van der Waals surface area contributed by atoms with Gasteiger partial charge in [-0.1, -0.05) is 41.9 Å². The topological polar surface area (TPSA) is 46.3 Å². The van der Waals surface area contributed by atoms with E-state index in [0.717, 1.165) is 16.6 Å². The number of carbonyl (C=O) groups is 1. The number of nitrogens with zero attached hydrogens (tertiary/aromatic N) is 1. The molecule has 0 saturated carbocycles. The summed E-state index contributed by atoms with van der Waals surface area (Å²) in [6.07, 6.45) is 0.451. The number of carbonyl (C=O) groups excluding carboxylic acids is 1. The first-order valence-electron chi connectivity index (χ1n) is 6.71. The van der Waals surface area contributed by atoms with Crippen LogP contribution >= 0.6 is 15.9 Å². The molecule has 2 rings (SSSR count). The molecule has 2 N–H and O–H groups in total. The van der Waals surface area contributed by atoms with E-state index in [1.807, 2.05) is 11.0 Å². The zero-order chi connectivity index (χ0) is 14.2. The minimum absolute atomic E-state index is 0.0155. The molecule has 0 radical (unpaired) electrons. The van der Waals surface area contributed by atoms with Crippen molar-refractivity contribution in [1.82, 2.24) is 4.90 Å². The van der Waals surface area contributed by atoms with E-state index < -0.39 is 0 Å². The van der Waals surface area contributed by atoms with Crippen LogP contribution in [0.15, 0.2) is 22.7 Å². The van der Waals surface area contributed by atoms with Gasteiger partial charge in [-0.05, 0) is 30.0 Å². The normalized spacial score (nSPS) is 23.5. The summed E-state index contributed by atoms with van der Waals surface area (Å²) in [5, 5.41) is 0. The van der Waals surface area contributed by atoms with Crippen molar-refractivity contribution in [2.24, 2.45) is 11.7 Å². The highest BCUT2D eigenvalue weighted by Gasteiger charge is 2.38. The van der Waals surface area contributed by atoms with Crippen molar-refractivity contribution in [1.29, 1.82) is 0 Å². The van der Waals surface area contributed by atoms with Crippen molar-refractivity contribution in [2.45, 2.75) is 39.3 Å². The monoisotopic (exact) mass is 324 g/mol. The standard InChI is InChI=1S/C15H21BrN2O/c1-9(2)8-18-14(19)7-13(17)15(18)11-4-5-12(16)10(3)6-11/h4-6,9,13,15H,7-8,17H2,1-3H3. The molecular weight excluding hydrogens is 304 g/mol. The molecule has 3 nitrogen and oxygen atoms in total. The fraction of sp³-hybridized carbons (Fsp3) is 0.533. The van der Waals surface area contributed by atoms with E-state index in [2.05, 4.69) is 48.8 Å². The highest BCUT2D eigenvalue weighted by Crippen LogP contribution is 2.34. The van der Waals surface area contributed by atoms with Gasteiger partial charge in [0.05, 0.1) is 6.04 Å². The van der Waals surface area contributed by atoms with Crippen LogP contribution in [0.1, 0.15) is 37.4 Å². The number of nitrogens with two attached hydrogens (primary N) is 1. The first-order valence-corrected chi connectivity index (χ1v) is 7.50. The third-order valence-electron chi connectivity index (χ3n) is 3.56. The summed E-state index contributed by atoms with van der Waals surface area (Å²) in [6, 6.07) is 6.13. The van der Waals surface area contributed by atoms with Crippen molar-refractivity contribution < 1.29 is 4.79 Å². The number of hydrogen-bond acceptors (Lipinski definition) is 2. The van der Waals surface area contributed by atoms with Crippen molar-refractivity contribution in [3.8, 4) is 0 Å². The molecule has 1 amide bonds. The second-order valence-electron chi connectivity index (χ2n) is 5.76. The Morgan fingerprint density at radius 2 is 2.16 bits per heavy atom. The van der Waals surface area contributed by atoms with E-state index in [1.165, 1.54) is 5.56 Å². The Balaban J connectivity index is 2.33. The van der Waals surface area contributed by atoms with E-state index in [0.29, 0.717) is 12.3 Å². The van der Waals surface area contributed by atoms with Crippen LogP contribution < -0.4 is 5.73 Å². The number of hydrogen-bond donors (Lipinski definition) is 1. The Morgan fingerprint density at radius 3 is 2.74 bits per heavy atom. The molecule has 1 heterocycles. The summed E-state index contributed by atoms with van der Waals surface area (Å²) in [7, 11) is 0. The van der Waals surface area contributed by atoms with Gasteiger partial charge in [0.2, 0.25) is 5.91 Å². The number of halogens is 1. The largest absolute Gasteiger partial charge is 0.334 e. The van der Waals surface area contributed by atoms with Gasteiger partial charge in [0, 0.05) is 23.5 Å². The molecule has 2 unspecified atom stereocenters. The van der Waals surface area contributed by atoms with E-state index in [-0.39, 0.29) is 18.0 Å². The van der Waals surface area contributed by atoms with Crippen LogP contribution in [0.2, 0.25) is 0 Å². The molecule has 0 bridgehead atoms. The minimum Gasteiger partial charge on any atom is -0.334 e. The van der Waals surface area contributed by atoms with Crippen molar-refractivity contribution in [2.75, 3.05) is 6.54 Å². The molecule has 19 heavy (non-hydrogen) atoms. The number of amides is 1. The molecule has 104 valence electrons. The van der Waals surface area contributed by atoms with Crippen LogP contribution in [0, 0.1) is 12.8 Å². The number of aryl methyl sites for hydroxylation is 1. The fourth-order valence-corrected chi connectivity index (χ4v) is 2.95. The third-order valence-corrected chi connectivity index (χ3v) is 4.45. The fourth-order valence-electron chi connectivity index (χ4n) is 2.70. The predicted molar refractivity (Wildman–Crippen MR) is 80.8 cm³/mol. The quantitative estimate of drug-likeness (QED) is 0.928. The van der Waals surface area contributed by atoms with Gasteiger partial charge in [0.25, 0.3) is 0 Å². The lowest BCUT2D eigenvalue weighted by Gasteiger charge is -2.29. The summed E-state index contributed by atoms with van der Waals surface area (Å²) >= 11 is 3.51. The molecule has 1 aliphatic heterocycles. The molecule has 1 saturated heterocycles. The first-order chi connectivity index (χ1) is 8.90. The summed E-state index contributed by atoms with van der Waals surface area (Å²) in [5.41, 5.74) is 8.49. The third kappa shape index (κ3) is 3.00. The van der Waals surface area contributed by atoms with Crippen LogP contribution in [0.5, 0.6) is 0 Å². The van der Waals surface area contributed by atoms with Crippen molar-refractivity contribution in [3.63, 3.8) is 0 Å². The molecule has 0 aromatic heterocycles. The Hall–Kier alpha value is -0.870. The first kappa shape index (κ1) is 14.5. The van der Waals surface area contributed by atoms with Gasteiger partial charge in [-0.15, -0.1) is 0 Å². The molecule has 1 fully saturated rings. The van der Waals surface area contributed by atoms with Gasteiger partial charge >= 0.3 is 0 Å². The molecular formula is C15H21BrN2O. The number of likely N-dealkylation sites (tertiary alicyclic amines) is 1. The second-order valence-corrected chi connectivity index (χ2v) is 6.62. The van der Waals surface area contributed by atoms with Crippen LogP contribution in [-0.2, 0) is 4.79 Å². The van der Waals surface area contributed by atoms with Crippen LogP contribution in [0.25, 0.3) is 0 Å². The van der Waals surface area contributed by atoms with Gasteiger partial charge in [-0.2, -0.15) is 0 Å². The van der Waals surface area contributed by atoms with Gasteiger partial charge in [-0.25, -0.2) is 0 Å². The highest BCUT2D eigenvalue weighted by molar-refractivity contribution is 9.10. The molecule has 1 aliphatic rings. The Bertz CT molecular complexity index is 487. The van der Waals surface area contributed by atoms with Crippen LogP contribution in [-0.4, -0.2) is 23.4 Å². The van der Waals surface area contributed by atoms with Gasteiger partial charge in [0.1, 0.15) is 0 Å². The molecule has 1 aromatic rings. The molecule has 1 aromatic carbocycles. The summed E-state index contributed by atoms with van der Waals surface area (Å²) in [6.45, 7) is 7.08. The average Bonchev–Trinajstić information content (AvgIpc) is 2.57. The van der Waals surface area contributed by atoms with Crippen molar-refractivity contribution in [3.05, 3.63) is 33.8 Å². The Morgan fingerprint density at radius 1 is 1.47 bits per heavy atom. The van der Waals surface area contributed by atoms with Gasteiger partial charge in [0.15, 0.2) is 0 Å². The maximum absolute atomic E-state index is 12.1. The summed E-state index contributed by atoms with van der Waals surface area (Å²) in [4.78, 5) is 14.0. The average molecular weight is 325 g/mol. The predicted octanol–water partition coefficient (Wildman–Crippen LogP) is 3.01. The lowest BCUT2D eigenvalue weighted by atomic mass is 9.98. The SMILES string of the molecule is Cc1cc(C2C(N)CC(=O)N2CC(C)C)ccc1Br. The van der Waals surface area contributed by atoms with Crippen LogP contribution in [0.3, 0.4) is 0 Å². The van der Waals surface area contributed by atoms with Gasteiger partial charge < -0.3 is 10.6 Å². The molecule has 4 heteroatoms. The Kier molecular flexibility index (Phi) is 4.31. The van der Waals surface area contributed by atoms with E-state index in [4.69, 9.17) is 5.73 Å². The minimum atomic E-state index is -0.105. The molecule has 0 aliphatic carbocycles. The maximum Gasteiger partial charge on any atom is 0.224 e. The highest BCUT2D eigenvalue weighted by atomic mass is 79.9. The summed E-state index contributed by atoms with van der Waals surface area (Å²) in [5.74, 6) is 0.625. The zero-order valence-corrected chi connectivity index (χ0v) is 13.3. The van der Waals surface area contributed by atoms with E-state index >= 15 is 0 Å². The molecule has 0 spiro atoms. The maximum atomic E-state index is 12.1. The number of benzene rings is 1. The van der Waals surface area contributed by atoms with Gasteiger partial charge in [-0.3, -0.25) is 4.79 Å².